The van der Waals surface area contributed by atoms with Gasteiger partial charge < -0.3 is 15.0 Å². The van der Waals surface area contributed by atoms with E-state index in [-0.39, 0.29) is 29.2 Å². The van der Waals surface area contributed by atoms with Crippen molar-refractivity contribution in [2.24, 2.45) is 5.92 Å². The molecule has 202 valence electrons. The number of carbonyl (C=O) groups is 3. The average molecular weight is 637 g/mol. The highest BCUT2D eigenvalue weighted by Crippen LogP contribution is 2.53. The Morgan fingerprint density at radius 3 is 2.58 bits per heavy atom. The van der Waals surface area contributed by atoms with Crippen LogP contribution >= 0.6 is 39.0 Å². The number of anilines is 2. The summed E-state index contributed by atoms with van der Waals surface area (Å²) in [5.74, 6) is -1.74. The second kappa shape index (κ2) is 10.7. The Bertz CT molecular complexity index is 1700. The minimum Gasteiger partial charge on any atom is -0.484 e. The van der Waals surface area contributed by atoms with E-state index in [1.54, 1.807) is 48.5 Å². The van der Waals surface area contributed by atoms with Gasteiger partial charge in [-0.25, -0.2) is 4.90 Å². The van der Waals surface area contributed by atoms with Crippen molar-refractivity contribution in [3.63, 3.8) is 0 Å². The molecule has 1 aromatic heterocycles. The minimum atomic E-state index is -0.708. The minimum absolute atomic E-state index is 0.207. The van der Waals surface area contributed by atoms with Crippen LogP contribution in [0.2, 0.25) is 0 Å². The molecule has 3 heterocycles. The maximum absolute atomic E-state index is 13.8. The smallest absolute Gasteiger partial charge is 0.305 e. The van der Waals surface area contributed by atoms with Gasteiger partial charge in [0.05, 0.1) is 16.6 Å². The Kier molecular flexibility index (Phi) is 7.11. The molecule has 3 aromatic carbocycles. The summed E-state index contributed by atoms with van der Waals surface area (Å²) in [5.41, 5.74) is 2.94. The predicted molar refractivity (Wildman–Crippen MR) is 158 cm³/mol. The first-order chi connectivity index (χ1) is 19.3. The number of amides is 3. The number of H-pyrrole nitrogens is 1. The Morgan fingerprint density at radius 1 is 1.02 bits per heavy atom. The van der Waals surface area contributed by atoms with Gasteiger partial charge in [0.25, 0.3) is 5.91 Å². The predicted octanol–water partition coefficient (Wildman–Crippen LogP) is 5.32. The monoisotopic (exact) mass is 635 g/mol. The summed E-state index contributed by atoms with van der Waals surface area (Å²) in [5, 5.41) is 2.73. The molecule has 1 saturated heterocycles. The first-order valence-electron chi connectivity index (χ1n) is 12.4. The standard InChI is InChI=1S/C29H22BrN3O5S2/c1-15-4-2-6-18(12-15)31-21(34)14-38-20-7-3-5-16(13-20)22-23-25(39-26-24(22)40-29(37)32-26)28(36)33(27(23)35)19-10-8-17(30)9-11-19/h2-13,22-23,25H,14H2,1H3,(H,31,34)(H,32,37). The summed E-state index contributed by atoms with van der Waals surface area (Å²) < 4.78 is 6.64. The molecule has 4 aromatic rings. The Balaban J connectivity index is 1.29. The van der Waals surface area contributed by atoms with E-state index in [2.05, 4.69) is 26.2 Å². The fraction of sp³-hybridized carbons (Fsp3) is 0.172. The molecule has 3 atom stereocenters. The highest BCUT2D eigenvalue weighted by atomic mass is 79.9. The number of hydrogen-bond acceptors (Lipinski definition) is 7. The number of hydrogen-bond donors (Lipinski definition) is 2. The first kappa shape index (κ1) is 26.5. The molecule has 2 N–H and O–H groups in total. The van der Waals surface area contributed by atoms with Gasteiger partial charge >= 0.3 is 4.87 Å². The lowest BCUT2D eigenvalue weighted by Gasteiger charge is -2.30. The molecule has 3 unspecified atom stereocenters. The molecule has 0 aliphatic carbocycles. The number of nitrogens with zero attached hydrogens (tertiary/aromatic N) is 1. The van der Waals surface area contributed by atoms with Crippen LogP contribution in [0.4, 0.5) is 11.4 Å². The van der Waals surface area contributed by atoms with E-state index >= 15 is 0 Å². The number of thiazole rings is 1. The zero-order valence-electron chi connectivity index (χ0n) is 21.1. The topological polar surface area (TPSA) is 109 Å². The van der Waals surface area contributed by atoms with Gasteiger partial charge in [0, 0.05) is 21.0 Å². The SMILES string of the molecule is Cc1cccc(NC(=O)COc2cccc(C3c4sc(=O)[nH]c4SC4C(=O)N(c5ccc(Br)cc5)C(=O)C43)c2)c1. The summed E-state index contributed by atoms with van der Waals surface area (Å²) in [6.45, 7) is 1.74. The van der Waals surface area contributed by atoms with Crippen molar-refractivity contribution >= 4 is 68.1 Å². The van der Waals surface area contributed by atoms with Gasteiger partial charge in [-0.15, -0.1) is 0 Å². The van der Waals surface area contributed by atoms with Crippen molar-refractivity contribution in [2.75, 3.05) is 16.8 Å². The van der Waals surface area contributed by atoms with Crippen LogP contribution in [-0.4, -0.2) is 34.6 Å². The molecule has 11 heteroatoms. The fourth-order valence-electron chi connectivity index (χ4n) is 5.09. The third kappa shape index (κ3) is 5.00. The Labute approximate surface area is 245 Å². The number of aryl methyl sites for hydroxylation is 1. The second-order valence-electron chi connectivity index (χ2n) is 9.52. The number of nitrogens with one attached hydrogen (secondary N) is 2. The van der Waals surface area contributed by atoms with E-state index < -0.39 is 17.1 Å². The molecule has 1 fully saturated rings. The molecule has 2 aliphatic heterocycles. The molecule has 40 heavy (non-hydrogen) atoms. The van der Waals surface area contributed by atoms with Crippen molar-refractivity contribution in [1.29, 1.82) is 0 Å². The van der Waals surface area contributed by atoms with E-state index in [0.29, 0.717) is 27.0 Å². The molecule has 8 nitrogen and oxygen atoms in total. The maximum atomic E-state index is 13.8. The van der Waals surface area contributed by atoms with Gasteiger partial charge in [0.2, 0.25) is 11.8 Å². The van der Waals surface area contributed by atoms with Crippen molar-refractivity contribution in [3.8, 4) is 5.75 Å². The molecule has 0 bridgehead atoms. The largest absolute Gasteiger partial charge is 0.484 e. The van der Waals surface area contributed by atoms with Crippen LogP contribution in [0.25, 0.3) is 0 Å². The summed E-state index contributed by atoms with van der Waals surface area (Å²) >= 11 is 5.67. The zero-order valence-corrected chi connectivity index (χ0v) is 24.3. The lowest BCUT2D eigenvalue weighted by atomic mass is 9.83. The molecule has 2 aliphatic rings. The van der Waals surface area contributed by atoms with Crippen molar-refractivity contribution in [1.82, 2.24) is 4.98 Å². The van der Waals surface area contributed by atoms with Crippen LogP contribution in [-0.2, 0) is 14.4 Å². The lowest BCUT2D eigenvalue weighted by Crippen LogP contribution is -2.32. The van der Waals surface area contributed by atoms with Crippen molar-refractivity contribution in [2.45, 2.75) is 23.1 Å². The van der Waals surface area contributed by atoms with Crippen LogP contribution in [0.15, 0.2) is 87.1 Å². The number of aromatic amines is 1. The van der Waals surface area contributed by atoms with Crippen LogP contribution < -0.4 is 19.8 Å². The number of imide groups is 1. The number of benzene rings is 3. The van der Waals surface area contributed by atoms with Gasteiger partial charge in [-0.2, -0.15) is 0 Å². The molecule has 0 radical (unpaired) electrons. The normalized spacial score (nSPS) is 19.8. The Hall–Kier alpha value is -3.67. The number of halogens is 1. The van der Waals surface area contributed by atoms with E-state index in [0.717, 1.165) is 26.9 Å². The number of fused-ring (bicyclic) bond motifs is 2. The summed E-state index contributed by atoms with van der Waals surface area (Å²) in [6.07, 6.45) is 0. The molecular formula is C29H22BrN3O5S2. The van der Waals surface area contributed by atoms with Gasteiger partial charge in [0.1, 0.15) is 11.0 Å². The van der Waals surface area contributed by atoms with Crippen LogP contribution in [0.1, 0.15) is 21.9 Å². The molecular weight excluding hydrogens is 614 g/mol. The summed E-state index contributed by atoms with van der Waals surface area (Å²) in [6, 6.07) is 21.6. The van der Waals surface area contributed by atoms with Gasteiger partial charge in [0.15, 0.2) is 6.61 Å². The second-order valence-corrected chi connectivity index (χ2v) is 12.6. The highest BCUT2D eigenvalue weighted by molar-refractivity contribution is 9.10. The van der Waals surface area contributed by atoms with E-state index in [1.807, 2.05) is 31.2 Å². The quantitative estimate of drug-likeness (QED) is 0.278. The van der Waals surface area contributed by atoms with E-state index in [9.17, 15) is 19.2 Å². The fourth-order valence-corrected chi connectivity index (χ4v) is 7.87. The highest BCUT2D eigenvalue weighted by Gasteiger charge is 2.56. The third-order valence-corrected chi connectivity index (χ3v) is 9.73. The number of rotatable bonds is 6. The summed E-state index contributed by atoms with van der Waals surface area (Å²) in [4.78, 5) is 56.8. The van der Waals surface area contributed by atoms with Gasteiger partial charge in [-0.1, -0.05) is 63.3 Å². The molecule has 3 amide bonds. The maximum Gasteiger partial charge on any atom is 0.305 e. The van der Waals surface area contributed by atoms with Crippen molar-refractivity contribution in [3.05, 3.63) is 103 Å². The molecule has 0 spiro atoms. The average Bonchev–Trinajstić information content (AvgIpc) is 3.42. The van der Waals surface area contributed by atoms with Crippen LogP contribution in [0.5, 0.6) is 5.75 Å². The number of aromatic nitrogens is 1. The van der Waals surface area contributed by atoms with Crippen molar-refractivity contribution < 1.29 is 19.1 Å². The number of ether oxygens (including phenoxy) is 1. The third-order valence-electron chi connectivity index (χ3n) is 6.80. The zero-order chi connectivity index (χ0) is 28.0. The number of thioether (sulfide) groups is 1. The van der Waals surface area contributed by atoms with Crippen LogP contribution in [0, 0.1) is 12.8 Å². The van der Waals surface area contributed by atoms with E-state index in [4.69, 9.17) is 4.74 Å². The summed E-state index contributed by atoms with van der Waals surface area (Å²) in [7, 11) is 0. The van der Waals surface area contributed by atoms with E-state index in [1.165, 1.54) is 16.7 Å². The first-order valence-corrected chi connectivity index (χ1v) is 14.9. The molecule has 0 saturated carbocycles. The van der Waals surface area contributed by atoms with Gasteiger partial charge in [-0.3, -0.25) is 19.2 Å². The lowest BCUT2D eigenvalue weighted by molar-refractivity contribution is -0.122. The Morgan fingerprint density at radius 2 is 1.80 bits per heavy atom. The van der Waals surface area contributed by atoms with Crippen LogP contribution in [0.3, 0.4) is 0 Å². The van der Waals surface area contributed by atoms with Gasteiger partial charge in [-0.05, 0) is 66.6 Å². The molecule has 6 rings (SSSR count). The number of carbonyl (C=O) groups excluding carboxylic acids is 3.